The van der Waals surface area contributed by atoms with E-state index in [0.717, 1.165) is 22.2 Å². The van der Waals surface area contributed by atoms with Crippen molar-refractivity contribution in [2.75, 3.05) is 5.32 Å². The lowest BCUT2D eigenvalue weighted by Gasteiger charge is -2.06. The summed E-state index contributed by atoms with van der Waals surface area (Å²) in [6.45, 7) is 0. The third kappa shape index (κ3) is 1.24. The van der Waals surface area contributed by atoms with Crippen molar-refractivity contribution in [3.05, 3.63) is 36.0 Å². The number of fused-ring (bicyclic) bond motifs is 3. The first kappa shape index (κ1) is 8.29. The Balaban J connectivity index is 2.32. The molecule has 15 heavy (non-hydrogen) atoms. The van der Waals surface area contributed by atoms with Gasteiger partial charge >= 0.3 is 0 Å². The summed E-state index contributed by atoms with van der Waals surface area (Å²) in [5, 5.41) is 3.99. The number of H-pyrrole nitrogens is 1. The van der Waals surface area contributed by atoms with Crippen LogP contribution in [0, 0.1) is 0 Å². The van der Waals surface area contributed by atoms with Crippen LogP contribution in [0.15, 0.2) is 30.5 Å². The first-order valence-electron chi connectivity index (χ1n) is 4.91. The second-order valence-corrected chi connectivity index (χ2v) is 3.62. The summed E-state index contributed by atoms with van der Waals surface area (Å²) in [6.07, 6.45) is 6.20. The minimum atomic E-state index is 0.0405. The van der Waals surface area contributed by atoms with Gasteiger partial charge in [0.05, 0.1) is 5.69 Å². The van der Waals surface area contributed by atoms with Gasteiger partial charge in [-0.3, -0.25) is 4.79 Å². The summed E-state index contributed by atoms with van der Waals surface area (Å²) >= 11 is 0. The van der Waals surface area contributed by atoms with Crippen LogP contribution in [-0.2, 0) is 4.79 Å². The lowest BCUT2D eigenvalue weighted by atomic mass is 10.1. The number of rotatable bonds is 0. The van der Waals surface area contributed by atoms with Crippen LogP contribution >= 0.6 is 0 Å². The number of carbonyl (C=O) groups excluding carboxylic acids is 1. The molecule has 0 unspecified atom stereocenters. The van der Waals surface area contributed by atoms with Gasteiger partial charge < -0.3 is 10.3 Å². The highest BCUT2D eigenvalue weighted by atomic mass is 16.1. The Kier molecular flexibility index (Phi) is 1.65. The zero-order chi connectivity index (χ0) is 10.3. The second-order valence-electron chi connectivity index (χ2n) is 3.62. The predicted molar refractivity (Wildman–Crippen MR) is 60.6 cm³/mol. The van der Waals surface area contributed by atoms with Crippen LogP contribution in [0.25, 0.3) is 17.0 Å². The largest absolute Gasteiger partial charge is 0.361 e. The lowest BCUT2D eigenvalue weighted by molar-refractivity contribution is -0.115. The average Bonchev–Trinajstić information content (AvgIpc) is 2.61. The molecular formula is C12H10N2O. The molecule has 0 spiro atoms. The molecule has 1 aromatic heterocycles. The molecule has 2 aromatic rings. The molecule has 1 aliphatic rings. The van der Waals surface area contributed by atoms with Gasteiger partial charge in [0.15, 0.2) is 0 Å². The number of hydrogen-bond donors (Lipinski definition) is 2. The van der Waals surface area contributed by atoms with E-state index in [0.29, 0.717) is 6.42 Å². The monoisotopic (exact) mass is 198 g/mol. The smallest absolute Gasteiger partial charge is 0.228 e. The van der Waals surface area contributed by atoms with Gasteiger partial charge in [0.2, 0.25) is 5.91 Å². The summed E-state index contributed by atoms with van der Waals surface area (Å²) < 4.78 is 0. The molecule has 74 valence electrons. The van der Waals surface area contributed by atoms with Crippen LogP contribution in [0.5, 0.6) is 0 Å². The Hall–Kier alpha value is -2.03. The first-order chi connectivity index (χ1) is 7.34. The minimum absolute atomic E-state index is 0.0405. The van der Waals surface area contributed by atoms with E-state index >= 15 is 0 Å². The van der Waals surface area contributed by atoms with Crippen molar-refractivity contribution in [1.82, 2.24) is 4.98 Å². The Morgan fingerprint density at radius 3 is 3.07 bits per heavy atom. The molecule has 0 saturated heterocycles. The average molecular weight is 198 g/mol. The molecule has 0 fully saturated rings. The number of hydrogen-bond acceptors (Lipinski definition) is 1. The maximum atomic E-state index is 11.4. The maximum absolute atomic E-state index is 11.4. The molecule has 3 heteroatoms. The third-order valence-corrected chi connectivity index (χ3v) is 2.63. The van der Waals surface area contributed by atoms with Gasteiger partial charge in [-0.1, -0.05) is 18.2 Å². The van der Waals surface area contributed by atoms with Crippen LogP contribution < -0.4 is 5.32 Å². The number of aromatic amines is 1. The molecule has 2 N–H and O–H groups in total. The van der Waals surface area contributed by atoms with Gasteiger partial charge in [0.1, 0.15) is 0 Å². The molecule has 1 amide bonds. The van der Waals surface area contributed by atoms with E-state index in [1.165, 1.54) is 0 Å². The van der Waals surface area contributed by atoms with Crippen LogP contribution in [0.2, 0.25) is 0 Å². The van der Waals surface area contributed by atoms with E-state index in [9.17, 15) is 4.79 Å². The van der Waals surface area contributed by atoms with Crippen molar-refractivity contribution in [2.45, 2.75) is 6.42 Å². The molecule has 0 saturated carbocycles. The van der Waals surface area contributed by atoms with Gasteiger partial charge in [-0.2, -0.15) is 0 Å². The van der Waals surface area contributed by atoms with Crippen LogP contribution in [0.3, 0.4) is 0 Å². The maximum Gasteiger partial charge on any atom is 0.228 e. The number of nitrogens with one attached hydrogen (secondary N) is 2. The molecular weight excluding hydrogens is 188 g/mol. The highest BCUT2D eigenvalue weighted by molar-refractivity contribution is 6.06. The van der Waals surface area contributed by atoms with Crippen molar-refractivity contribution in [1.29, 1.82) is 0 Å². The fourth-order valence-electron chi connectivity index (χ4n) is 1.91. The molecule has 3 rings (SSSR count). The molecule has 0 bridgehead atoms. The topological polar surface area (TPSA) is 44.9 Å². The molecule has 3 nitrogen and oxygen atoms in total. The number of benzene rings is 1. The summed E-state index contributed by atoms with van der Waals surface area (Å²) in [7, 11) is 0. The molecule has 2 heterocycles. The van der Waals surface area contributed by atoms with Crippen molar-refractivity contribution in [2.24, 2.45) is 0 Å². The summed E-state index contributed by atoms with van der Waals surface area (Å²) in [6, 6.07) is 6.01. The summed E-state index contributed by atoms with van der Waals surface area (Å²) in [5.74, 6) is 0.0405. The normalized spacial score (nSPS) is 14.8. The van der Waals surface area contributed by atoms with E-state index in [2.05, 4.69) is 10.3 Å². The number of amides is 1. The molecule has 0 aliphatic carbocycles. The summed E-state index contributed by atoms with van der Waals surface area (Å²) in [5.41, 5.74) is 3.02. The first-order valence-corrected chi connectivity index (χ1v) is 4.91. The van der Waals surface area contributed by atoms with E-state index in [1.54, 1.807) is 0 Å². The number of anilines is 1. The van der Waals surface area contributed by atoms with E-state index in [1.807, 2.05) is 36.5 Å². The SMILES string of the molecule is O=C1CC=Cc2ccc3[nH]ccc3c2N1. The van der Waals surface area contributed by atoms with Crippen LogP contribution in [-0.4, -0.2) is 10.9 Å². The zero-order valence-electron chi connectivity index (χ0n) is 8.08. The van der Waals surface area contributed by atoms with Crippen molar-refractivity contribution in [3.63, 3.8) is 0 Å². The third-order valence-electron chi connectivity index (χ3n) is 2.63. The van der Waals surface area contributed by atoms with Gasteiger partial charge in [0.25, 0.3) is 0 Å². The Bertz CT molecular complexity index is 566. The van der Waals surface area contributed by atoms with Gasteiger partial charge in [-0.05, 0) is 17.7 Å². The van der Waals surface area contributed by atoms with Crippen LogP contribution in [0.4, 0.5) is 5.69 Å². The highest BCUT2D eigenvalue weighted by Crippen LogP contribution is 2.29. The number of aromatic nitrogens is 1. The van der Waals surface area contributed by atoms with Gasteiger partial charge in [0, 0.05) is 23.5 Å². The van der Waals surface area contributed by atoms with E-state index < -0.39 is 0 Å². The fraction of sp³-hybridized carbons (Fsp3) is 0.0833. The van der Waals surface area contributed by atoms with Crippen molar-refractivity contribution >= 4 is 28.6 Å². The molecule has 0 radical (unpaired) electrons. The van der Waals surface area contributed by atoms with Crippen LogP contribution in [0.1, 0.15) is 12.0 Å². The molecule has 1 aliphatic heterocycles. The van der Waals surface area contributed by atoms with Crippen molar-refractivity contribution in [3.8, 4) is 0 Å². The fourth-order valence-corrected chi connectivity index (χ4v) is 1.91. The van der Waals surface area contributed by atoms with E-state index in [4.69, 9.17) is 0 Å². The van der Waals surface area contributed by atoms with Crippen molar-refractivity contribution < 1.29 is 4.79 Å². The Morgan fingerprint density at radius 1 is 1.20 bits per heavy atom. The van der Waals surface area contributed by atoms with Gasteiger partial charge in [-0.25, -0.2) is 0 Å². The van der Waals surface area contributed by atoms with Gasteiger partial charge in [-0.15, -0.1) is 0 Å². The predicted octanol–water partition coefficient (Wildman–Crippen LogP) is 2.52. The highest BCUT2D eigenvalue weighted by Gasteiger charge is 2.11. The zero-order valence-corrected chi connectivity index (χ0v) is 8.08. The number of carbonyl (C=O) groups is 1. The quantitative estimate of drug-likeness (QED) is 0.671. The Labute approximate surface area is 86.8 Å². The second kappa shape index (κ2) is 2.98. The molecule has 1 aromatic carbocycles. The lowest BCUT2D eigenvalue weighted by Crippen LogP contribution is -2.09. The van der Waals surface area contributed by atoms with E-state index in [-0.39, 0.29) is 5.91 Å². The summed E-state index contributed by atoms with van der Waals surface area (Å²) in [4.78, 5) is 14.6. The standard InChI is InChI=1S/C12H10N2O/c15-11-3-1-2-8-4-5-10-9(6-7-13-10)12(8)14-11/h1-2,4-7,13H,3H2,(H,14,15). The molecule has 0 atom stereocenters. The minimum Gasteiger partial charge on any atom is -0.361 e. The Morgan fingerprint density at radius 2 is 2.13 bits per heavy atom.